The highest BCUT2D eigenvalue weighted by Gasteiger charge is 2.16. The molecule has 0 amide bonds. The topological polar surface area (TPSA) is 89.6 Å². The first-order chi connectivity index (χ1) is 8.09. The summed E-state index contributed by atoms with van der Waals surface area (Å²) in [5.41, 5.74) is 6.36. The molecule has 0 unspecified atom stereocenters. The van der Waals surface area contributed by atoms with Crippen molar-refractivity contribution in [3.05, 3.63) is 35.9 Å². The number of hydrogen-bond donors (Lipinski definition) is 2. The van der Waals surface area contributed by atoms with Crippen molar-refractivity contribution in [3.8, 4) is 0 Å². The number of hydrogen-bond acceptors (Lipinski definition) is 4. The van der Waals surface area contributed by atoms with Crippen LogP contribution in [0.3, 0.4) is 0 Å². The van der Waals surface area contributed by atoms with Gasteiger partial charge in [0.15, 0.2) is 0 Å². The van der Waals surface area contributed by atoms with Crippen LogP contribution in [0.1, 0.15) is 18.4 Å². The molecular formula is C12H16ClNO4. The minimum atomic E-state index is -0.976. The van der Waals surface area contributed by atoms with Crippen molar-refractivity contribution in [1.29, 1.82) is 0 Å². The summed E-state index contributed by atoms with van der Waals surface area (Å²) >= 11 is 0. The Kier molecular flexibility index (Phi) is 7.74. The van der Waals surface area contributed by atoms with E-state index in [1.807, 2.05) is 30.3 Å². The molecule has 0 aliphatic rings. The number of halogens is 1. The molecule has 100 valence electrons. The normalized spacial score (nSPS) is 11.2. The molecule has 18 heavy (non-hydrogen) atoms. The van der Waals surface area contributed by atoms with E-state index in [1.165, 1.54) is 0 Å². The van der Waals surface area contributed by atoms with Gasteiger partial charge in [-0.15, -0.1) is 12.4 Å². The molecule has 0 saturated carbocycles. The minimum Gasteiger partial charge on any atom is -0.481 e. The lowest BCUT2D eigenvalue weighted by atomic mass is 10.2. The van der Waals surface area contributed by atoms with E-state index in [2.05, 4.69) is 0 Å². The summed E-state index contributed by atoms with van der Waals surface area (Å²) in [6.07, 6.45) is -0.0510. The van der Waals surface area contributed by atoms with Crippen molar-refractivity contribution in [2.45, 2.75) is 25.5 Å². The van der Waals surface area contributed by atoms with E-state index in [-0.39, 0.29) is 31.9 Å². The fraction of sp³-hybridized carbons (Fsp3) is 0.333. The molecule has 1 atom stereocenters. The van der Waals surface area contributed by atoms with Crippen molar-refractivity contribution in [2.75, 3.05) is 0 Å². The Balaban J connectivity index is 0.00000289. The van der Waals surface area contributed by atoms with Crippen molar-refractivity contribution in [3.63, 3.8) is 0 Å². The highest BCUT2D eigenvalue weighted by Crippen LogP contribution is 2.03. The van der Waals surface area contributed by atoms with Gasteiger partial charge in [-0.2, -0.15) is 0 Å². The zero-order chi connectivity index (χ0) is 12.7. The summed E-state index contributed by atoms with van der Waals surface area (Å²) in [6, 6.07) is 8.33. The maximum absolute atomic E-state index is 11.4. The number of benzene rings is 1. The van der Waals surface area contributed by atoms with Gasteiger partial charge in [0.25, 0.3) is 0 Å². The monoisotopic (exact) mass is 273 g/mol. The van der Waals surface area contributed by atoms with E-state index >= 15 is 0 Å². The largest absolute Gasteiger partial charge is 0.481 e. The van der Waals surface area contributed by atoms with Crippen LogP contribution in [0.25, 0.3) is 0 Å². The number of aliphatic carboxylic acids is 1. The SMILES string of the molecule is Cl.N[C@H](CCC(=O)O)C(=O)OCc1ccccc1. The summed E-state index contributed by atoms with van der Waals surface area (Å²) in [6.45, 7) is 0.153. The molecule has 0 fully saturated rings. The Bertz CT molecular complexity index is 383. The van der Waals surface area contributed by atoms with Crippen LogP contribution in [0.4, 0.5) is 0 Å². The third-order valence-electron chi connectivity index (χ3n) is 2.20. The van der Waals surface area contributed by atoms with Crippen LogP contribution < -0.4 is 5.73 Å². The van der Waals surface area contributed by atoms with E-state index < -0.39 is 18.0 Å². The number of esters is 1. The summed E-state index contributed by atoms with van der Waals surface area (Å²) in [5, 5.41) is 8.44. The third-order valence-corrected chi connectivity index (χ3v) is 2.20. The summed E-state index contributed by atoms with van der Waals surface area (Å²) in [4.78, 5) is 21.7. The number of carboxylic acids is 1. The highest BCUT2D eigenvalue weighted by atomic mass is 35.5. The molecule has 0 radical (unpaired) electrons. The average molecular weight is 274 g/mol. The van der Waals surface area contributed by atoms with Gasteiger partial charge in [-0.1, -0.05) is 30.3 Å². The molecule has 1 aromatic carbocycles. The molecule has 0 heterocycles. The van der Waals surface area contributed by atoms with Gasteiger partial charge in [-0.25, -0.2) is 0 Å². The molecule has 1 aromatic rings. The van der Waals surface area contributed by atoms with Gasteiger partial charge < -0.3 is 15.6 Å². The molecule has 0 aliphatic carbocycles. The van der Waals surface area contributed by atoms with Gasteiger partial charge >= 0.3 is 11.9 Å². The smallest absolute Gasteiger partial charge is 0.323 e. The minimum absolute atomic E-state index is 0. The molecule has 6 heteroatoms. The Morgan fingerprint density at radius 2 is 1.89 bits per heavy atom. The molecule has 5 nitrogen and oxygen atoms in total. The first kappa shape index (κ1) is 16.4. The van der Waals surface area contributed by atoms with Gasteiger partial charge in [0.05, 0.1) is 0 Å². The van der Waals surface area contributed by atoms with Crippen molar-refractivity contribution in [1.82, 2.24) is 0 Å². The van der Waals surface area contributed by atoms with E-state index in [0.29, 0.717) is 0 Å². The van der Waals surface area contributed by atoms with Crippen LogP contribution in [0.2, 0.25) is 0 Å². The number of carbonyl (C=O) groups excluding carboxylic acids is 1. The Labute approximate surface area is 111 Å². The van der Waals surface area contributed by atoms with Crippen LogP contribution in [0, 0.1) is 0 Å². The number of ether oxygens (including phenoxy) is 1. The van der Waals surface area contributed by atoms with Crippen LogP contribution in [0.5, 0.6) is 0 Å². The highest BCUT2D eigenvalue weighted by molar-refractivity contribution is 5.85. The molecule has 0 spiro atoms. The van der Waals surface area contributed by atoms with E-state index in [9.17, 15) is 9.59 Å². The number of carboxylic acid groups (broad SMARTS) is 1. The molecule has 0 bridgehead atoms. The first-order valence-electron chi connectivity index (χ1n) is 5.27. The molecule has 3 N–H and O–H groups in total. The fourth-order valence-corrected chi connectivity index (χ4v) is 1.23. The van der Waals surface area contributed by atoms with Crippen molar-refractivity contribution >= 4 is 24.3 Å². The summed E-state index contributed by atoms with van der Waals surface area (Å²) in [7, 11) is 0. The van der Waals surface area contributed by atoms with Crippen LogP contribution in [0.15, 0.2) is 30.3 Å². The van der Waals surface area contributed by atoms with Crippen molar-refractivity contribution in [2.24, 2.45) is 5.73 Å². The second-order valence-electron chi connectivity index (χ2n) is 3.63. The van der Waals surface area contributed by atoms with Gasteiger partial charge in [-0.3, -0.25) is 9.59 Å². The van der Waals surface area contributed by atoms with E-state index in [1.54, 1.807) is 0 Å². The Morgan fingerprint density at radius 3 is 2.44 bits per heavy atom. The lowest BCUT2D eigenvalue weighted by Crippen LogP contribution is -2.32. The zero-order valence-corrected chi connectivity index (χ0v) is 10.6. The van der Waals surface area contributed by atoms with Gasteiger partial charge in [-0.05, 0) is 12.0 Å². The first-order valence-corrected chi connectivity index (χ1v) is 5.27. The van der Waals surface area contributed by atoms with Crippen LogP contribution >= 0.6 is 12.4 Å². The van der Waals surface area contributed by atoms with Crippen LogP contribution in [-0.4, -0.2) is 23.1 Å². The molecular weight excluding hydrogens is 258 g/mol. The van der Waals surface area contributed by atoms with Gasteiger partial charge in [0.1, 0.15) is 12.6 Å². The number of rotatable bonds is 6. The average Bonchev–Trinajstić information content (AvgIpc) is 2.34. The molecule has 0 aliphatic heterocycles. The Hall–Kier alpha value is -1.59. The second-order valence-corrected chi connectivity index (χ2v) is 3.63. The maximum Gasteiger partial charge on any atom is 0.323 e. The Morgan fingerprint density at radius 1 is 1.28 bits per heavy atom. The summed E-state index contributed by atoms with van der Waals surface area (Å²) < 4.78 is 4.97. The van der Waals surface area contributed by atoms with Gasteiger partial charge in [0, 0.05) is 6.42 Å². The van der Waals surface area contributed by atoms with E-state index in [4.69, 9.17) is 15.6 Å². The number of carbonyl (C=O) groups is 2. The zero-order valence-electron chi connectivity index (χ0n) is 9.74. The fourth-order valence-electron chi connectivity index (χ4n) is 1.23. The second kappa shape index (κ2) is 8.49. The van der Waals surface area contributed by atoms with Gasteiger partial charge in [0.2, 0.25) is 0 Å². The maximum atomic E-state index is 11.4. The third kappa shape index (κ3) is 6.22. The lowest BCUT2D eigenvalue weighted by molar-refractivity contribution is -0.147. The molecule has 1 rings (SSSR count). The summed E-state index contributed by atoms with van der Waals surface area (Å²) in [5.74, 6) is -1.55. The number of nitrogens with two attached hydrogens (primary N) is 1. The van der Waals surface area contributed by atoms with E-state index in [0.717, 1.165) is 5.56 Å². The van der Waals surface area contributed by atoms with Crippen molar-refractivity contribution < 1.29 is 19.4 Å². The van der Waals surface area contributed by atoms with Crippen LogP contribution in [-0.2, 0) is 20.9 Å². The molecule has 0 aromatic heterocycles. The quantitative estimate of drug-likeness (QED) is 0.764. The predicted octanol–water partition coefficient (Wildman–Crippen LogP) is 1.34. The standard InChI is InChI=1S/C12H15NO4.ClH/c13-10(6-7-11(14)15)12(16)17-8-9-4-2-1-3-5-9;/h1-5,10H,6-8,13H2,(H,14,15);1H/t10-;/m1./s1. The molecule has 0 saturated heterocycles. The predicted molar refractivity (Wildman–Crippen MR) is 68.3 cm³/mol. The lowest BCUT2D eigenvalue weighted by Gasteiger charge is -2.10.